The number of benzene rings is 1. The molecule has 0 spiro atoms. The van der Waals surface area contributed by atoms with Crippen LogP contribution in [0.3, 0.4) is 0 Å². The third kappa shape index (κ3) is 2.67. The fraction of sp³-hybridized carbons (Fsp3) is 0.625. The highest BCUT2D eigenvalue weighted by atomic mass is 35.5. The zero-order valence-electron chi connectivity index (χ0n) is 11.3. The molecule has 0 radical (unpaired) electrons. The molecule has 0 aromatic heterocycles. The molecule has 2 aliphatic rings. The van der Waals surface area contributed by atoms with Gasteiger partial charge in [-0.15, -0.1) is 11.6 Å². The second-order valence-electron chi connectivity index (χ2n) is 5.43. The van der Waals surface area contributed by atoms with Crippen LogP contribution >= 0.6 is 11.6 Å². The van der Waals surface area contributed by atoms with Gasteiger partial charge in [0.15, 0.2) is 0 Å². The number of fused-ring (bicyclic) bond motifs is 1. The van der Waals surface area contributed by atoms with Crippen molar-refractivity contribution in [3.05, 3.63) is 35.4 Å². The van der Waals surface area contributed by atoms with Crippen LogP contribution in [0, 0.1) is 0 Å². The maximum absolute atomic E-state index is 6.28. The van der Waals surface area contributed by atoms with Crippen LogP contribution < -0.4 is 0 Å². The lowest BCUT2D eigenvalue weighted by atomic mass is 9.87. The molecule has 0 N–H and O–H groups in total. The van der Waals surface area contributed by atoms with Gasteiger partial charge in [-0.1, -0.05) is 24.3 Å². The quantitative estimate of drug-likeness (QED) is 0.780. The standard InChI is InChI=1S/C16H21ClO2/c1-2-18-16-13(17)10-15(16)19-14-9-5-7-11-6-3-4-8-12(11)14/h3-4,6,8,13-16H,2,5,7,9-10H2,1H3. The molecule has 2 aliphatic carbocycles. The van der Waals surface area contributed by atoms with Crippen LogP contribution in [0.4, 0.5) is 0 Å². The van der Waals surface area contributed by atoms with E-state index in [4.69, 9.17) is 21.1 Å². The van der Waals surface area contributed by atoms with Gasteiger partial charge < -0.3 is 9.47 Å². The van der Waals surface area contributed by atoms with Crippen LogP contribution in [0.25, 0.3) is 0 Å². The summed E-state index contributed by atoms with van der Waals surface area (Å²) < 4.78 is 12.0. The first-order valence-corrected chi connectivity index (χ1v) is 7.72. The van der Waals surface area contributed by atoms with Gasteiger partial charge in [-0.05, 0) is 43.7 Å². The van der Waals surface area contributed by atoms with Crippen molar-refractivity contribution in [3.8, 4) is 0 Å². The Morgan fingerprint density at radius 2 is 2.16 bits per heavy atom. The van der Waals surface area contributed by atoms with E-state index in [1.165, 1.54) is 24.0 Å². The van der Waals surface area contributed by atoms with Crippen molar-refractivity contribution >= 4 is 11.6 Å². The lowest BCUT2D eigenvalue weighted by Gasteiger charge is -2.43. The van der Waals surface area contributed by atoms with Gasteiger partial charge in [0.05, 0.1) is 17.6 Å². The SMILES string of the molecule is CCOC1C(Cl)CC1OC1CCCc2ccccc21. The molecule has 0 saturated heterocycles. The zero-order valence-corrected chi connectivity index (χ0v) is 12.1. The van der Waals surface area contributed by atoms with Gasteiger partial charge in [0, 0.05) is 6.61 Å². The fourth-order valence-electron chi connectivity index (χ4n) is 3.13. The van der Waals surface area contributed by atoms with Crippen LogP contribution in [0.5, 0.6) is 0 Å². The number of aryl methyl sites for hydroxylation is 1. The lowest BCUT2D eigenvalue weighted by Crippen LogP contribution is -2.51. The van der Waals surface area contributed by atoms with Gasteiger partial charge in [0.1, 0.15) is 6.10 Å². The van der Waals surface area contributed by atoms with E-state index in [1.807, 2.05) is 6.92 Å². The largest absolute Gasteiger partial charge is 0.374 e. The highest BCUT2D eigenvalue weighted by Gasteiger charge is 2.43. The third-order valence-electron chi connectivity index (χ3n) is 4.19. The Bertz CT molecular complexity index is 435. The summed E-state index contributed by atoms with van der Waals surface area (Å²) in [6, 6.07) is 8.63. The second kappa shape index (κ2) is 5.82. The molecule has 0 aliphatic heterocycles. The van der Waals surface area contributed by atoms with E-state index in [9.17, 15) is 0 Å². The zero-order chi connectivity index (χ0) is 13.2. The monoisotopic (exact) mass is 280 g/mol. The van der Waals surface area contributed by atoms with E-state index in [-0.39, 0.29) is 23.7 Å². The van der Waals surface area contributed by atoms with E-state index >= 15 is 0 Å². The van der Waals surface area contributed by atoms with Crippen molar-refractivity contribution in [3.63, 3.8) is 0 Å². The number of alkyl halides is 1. The first kappa shape index (κ1) is 13.4. The summed E-state index contributed by atoms with van der Waals surface area (Å²) >= 11 is 6.20. The molecule has 1 aromatic carbocycles. The van der Waals surface area contributed by atoms with E-state index in [1.54, 1.807) is 0 Å². The molecule has 4 unspecified atom stereocenters. The lowest BCUT2D eigenvalue weighted by molar-refractivity contribution is -0.150. The highest BCUT2D eigenvalue weighted by molar-refractivity contribution is 6.21. The molecular formula is C16H21ClO2. The second-order valence-corrected chi connectivity index (χ2v) is 5.99. The topological polar surface area (TPSA) is 18.5 Å². The third-order valence-corrected chi connectivity index (χ3v) is 4.62. The van der Waals surface area contributed by atoms with Gasteiger partial charge in [-0.25, -0.2) is 0 Å². The number of ether oxygens (including phenoxy) is 2. The predicted molar refractivity (Wildman–Crippen MR) is 76.7 cm³/mol. The normalized spacial score (nSPS) is 33.6. The molecule has 1 saturated carbocycles. The van der Waals surface area contributed by atoms with Crippen LogP contribution in [-0.4, -0.2) is 24.2 Å². The van der Waals surface area contributed by atoms with Crippen LogP contribution in [0.2, 0.25) is 0 Å². The Balaban J connectivity index is 1.68. The molecule has 0 heterocycles. The summed E-state index contributed by atoms with van der Waals surface area (Å²) in [6.07, 6.45) is 4.86. The first-order valence-electron chi connectivity index (χ1n) is 7.28. The van der Waals surface area contributed by atoms with Gasteiger partial charge in [-0.3, -0.25) is 0 Å². The fourth-order valence-corrected chi connectivity index (χ4v) is 3.54. The van der Waals surface area contributed by atoms with Crippen LogP contribution in [0.15, 0.2) is 24.3 Å². The van der Waals surface area contributed by atoms with E-state index < -0.39 is 0 Å². The average molecular weight is 281 g/mol. The molecule has 1 fully saturated rings. The van der Waals surface area contributed by atoms with Gasteiger partial charge in [-0.2, -0.15) is 0 Å². The Morgan fingerprint density at radius 3 is 2.95 bits per heavy atom. The van der Waals surface area contributed by atoms with E-state index in [2.05, 4.69) is 24.3 Å². The summed E-state index contributed by atoms with van der Waals surface area (Å²) in [5, 5.41) is 0.115. The first-order chi connectivity index (χ1) is 9.29. The molecule has 3 heteroatoms. The molecule has 2 nitrogen and oxygen atoms in total. The van der Waals surface area contributed by atoms with E-state index in [0.717, 1.165) is 12.8 Å². The molecule has 1 aromatic rings. The Morgan fingerprint density at radius 1 is 1.32 bits per heavy atom. The summed E-state index contributed by atoms with van der Waals surface area (Å²) in [6.45, 7) is 2.71. The maximum Gasteiger partial charge on any atom is 0.100 e. The van der Waals surface area contributed by atoms with Crippen molar-refractivity contribution in [1.29, 1.82) is 0 Å². The molecule has 0 bridgehead atoms. The number of hydrogen-bond acceptors (Lipinski definition) is 2. The minimum Gasteiger partial charge on any atom is -0.374 e. The Hall–Kier alpha value is -0.570. The number of halogens is 1. The van der Waals surface area contributed by atoms with Crippen molar-refractivity contribution in [2.45, 2.75) is 56.3 Å². The molecular weight excluding hydrogens is 260 g/mol. The van der Waals surface area contributed by atoms with Crippen LogP contribution in [-0.2, 0) is 15.9 Å². The summed E-state index contributed by atoms with van der Waals surface area (Å²) in [5.41, 5.74) is 2.80. The Kier molecular flexibility index (Phi) is 4.11. The van der Waals surface area contributed by atoms with Crippen LogP contribution in [0.1, 0.15) is 43.4 Å². The molecule has 0 amide bonds. The van der Waals surface area contributed by atoms with Gasteiger partial charge in [0.25, 0.3) is 0 Å². The molecule has 3 rings (SSSR count). The number of hydrogen-bond donors (Lipinski definition) is 0. The van der Waals surface area contributed by atoms with Gasteiger partial charge in [0.2, 0.25) is 0 Å². The molecule has 4 atom stereocenters. The Labute approximate surface area is 120 Å². The summed E-state index contributed by atoms with van der Waals surface area (Å²) in [5.74, 6) is 0. The van der Waals surface area contributed by atoms with E-state index in [0.29, 0.717) is 6.61 Å². The van der Waals surface area contributed by atoms with Crippen molar-refractivity contribution in [2.75, 3.05) is 6.61 Å². The molecule has 19 heavy (non-hydrogen) atoms. The highest BCUT2D eigenvalue weighted by Crippen LogP contribution is 2.39. The van der Waals surface area contributed by atoms with Crippen molar-refractivity contribution < 1.29 is 9.47 Å². The van der Waals surface area contributed by atoms with Gasteiger partial charge >= 0.3 is 0 Å². The summed E-state index contributed by atoms with van der Waals surface area (Å²) in [4.78, 5) is 0. The maximum atomic E-state index is 6.28. The number of rotatable bonds is 4. The van der Waals surface area contributed by atoms with Crippen molar-refractivity contribution in [1.82, 2.24) is 0 Å². The predicted octanol–water partition coefficient (Wildman–Crippen LogP) is 3.87. The minimum atomic E-state index is 0.0701. The summed E-state index contributed by atoms with van der Waals surface area (Å²) in [7, 11) is 0. The minimum absolute atomic E-state index is 0.0701. The smallest absolute Gasteiger partial charge is 0.100 e. The van der Waals surface area contributed by atoms with Crippen molar-refractivity contribution in [2.24, 2.45) is 0 Å². The average Bonchev–Trinajstić information content (AvgIpc) is 2.45. The molecule has 104 valence electrons.